The molecule has 0 amide bonds. The predicted octanol–water partition coefficient (Wildman–Crippen LogP) is 0.664. The van der Waals surface area contributed by atoms with Gasteiger partial charge in [0.1, 0.15) is 0 Å². The standard InChI is InChI=1S/C14H24N4O2S/c1-21(19,20)16-7-13-9-17(8-12-3-2-4-12)11-14-5-6-15-18(14)10-13/h5-6,12-13,16H,2-4,7-11H2,1H3/t13-/m0/s1. The van der Waals surface area contributed by atoms with Crippen molar-refractivity contribution in [2.24, 2.45) is 11.8 Å². The molecule has 1 aromatic heterocycles. The van der Waals surface area contributed by atoms with Gasteiger partial charge in [0.2, 0.25) is 10.0 Å². The molecule has 1 N–H and O–H groups in total. The summed E-state index contributed by atoms with van der Waals surface area (Å²) in [5.74, 6) is 1.09. The van der Waals surface area contributed by atoms with Crippen molar-refractivity contribution in [3.8, 4) is 0 Å². The fourth-order valence-corrected chi connectivity index (χ4v) is 3.74. The van der Waals surface area contributed by atoms with Gasteiger partial charge in [0.05, 0.1) is 11.9 Å². The molecule has 1 atom stereocenters. The van der Waals surface area contributed by atoms with Gasteiger partial charge in [-0.3, -0.25) is 9.58 Å². The zero-order valence-electron chi connectivity index (χ0n) is 12.5. The first-order valence-corrected chi connectivity index (χ1v) is 9.56. The van der Waals surface area contributed by atoms with Crippen LogP contribution in [0.1, 0.15) is 25.0 Å². The van der Waals surface area contributed by atoms with Crippen LogP contribution >= 0.6 is 0 Å². The number of sulfonamides is 1. The summed E-state index contributed by atoms with van der Waals surface area (Å²) < 4.78 is 27.3. The molecule has 2 aliphatic rings. The van der Waals surface area contributed by atoms with E-state index in [1.165, 1.54) is 31.2 Å². The van der Waals surface area contributed by atoms with Gasteiger partial charge in [0, 0.05) is 44.8 Å². The number of hydrogen-bond acceptors (Lipinski definition) is 4. The van der Waals surface area contributed by atoms with Crippen LogP contribution in [-0.4, -0.2) is 49.0 Å². The zero-order chi connectivity index (χ0) is 14.9. The third-order valence-electron chi connectivity index (χ3n) is 4.51. The van der Waals surface area contributed by atoms with Crippen molar-refractivity contribution >= 4 is 10.0 Å². The third-order valence-corrected chi connectivity index (χ3v) is 5.20. The van der Waals surface area contributed by atoms with E-state index in [0.29, 0.717) is 6.54 Å². The van der Waals surface area contributed by atoms with Crippen molar-refractivity contribution in [1.29, 1.82) is 0 Å². The Morgan fingerprint density at radius 3 is 2.81 bits per heavy atom. The lowest BCUT2D eigenvalue weighted by Crippen LogP contribution is -2.38. The number of nitrogens with zero attached hydrogens (tertiary/aromatic N) is 3. The summed E-state index contributed by atoms with van der Waals surface area (Å²) in [5, 5.41) is 4.37. The van der Waals surface area contributed by atoms with E-state index in [-0.39, 0.29) is 5.92 Å². The van der Waals surface area contributed by atoms with Crippen LogP contribution in [0.2, 0.25) is 0 Å². The van der Waals surface area contributed by atoms with Gasteiger partial charge in [-0.25, -0.2) is 13.1 Å². The van der Waals surface area contributed by atoms with Gasteiger partial charge in [0.15, 0.2) is 0 Å². The number of nitrogens with one attached hydrogen (secondary N) is 1. The summed E-state index contributed by atoms with van der Waals surface area (Å²) in [6.45, 7) is 4.25. The average Bonchev–Trinajstić information content (AvgIpc) is 2.70. The highest BCUT2D eigenvalue weighted by Crippen LogP contribution is 2.28. The first kappa shape index (κ1) is 15.0. The molecule has 0 aromatic carbocycles. The summed E-state index contributed by atoms with van der Waals surface area (Å²) >= 11 is 0. The summed E-state index contributed by atoms with van der Waals surface area (Å²) in [6, 6.07) is 2.07. The highest BCUT2D eigenvalue weighted by Gasteiger charge is 2.26. The van der Waals surface area contributed by atoms with E-state index in [0.717, 1.165) is 32.1 Å². The van der Waals surface area contributed by atoms with Gasteiger partial charge in [-0.1, -0.05) is 6.42 Å². The Balaban J connectivity index is 1.68. The minimum Gasteiger partial charge on any atom is -0.297 e. The van der Waals surface area contributed by atoms with Crippen molar-refractivity contribution < 1.29 is 8.42 Å². The van der Waals surface area contributed by atoms with Crippen molar-refractivity contribution in [3.63, 3.8) is 0 Å². The van der Waals surface area contributed by atoms with E-state index in [9.17, 15) is 8.42 Å². The highest BCUT2D eigenvalue weighted by molar-refractivity contribution is 7.88. The smallest absolute Gasteiger partial charge is 0.208 e. The van der Waals surface area contributed by atoms with Crippen molar-refractivity contribution in [3.05, 3.63) is 18.0 Å². The van der Waals surface area contributed by atoms with Crippen LogP contribution < -0.4 is 4.72 Å². The molecular formula is C14H24N4O2S. The lowest BCUT2D eigenvalue weighted by Gasteiger charge is -2.32. The van der Waals surface area contributed by atoms with Gasteiger partial charge < -0.3 is 0 Å². The second kappa shape index (κ2) is 6.06. The van der Waals surface area contributed by atoms with E-state index >= 15 is 0 Å². The van der Waals surface area contributed by atoms with E-state index in [1.54, 1.807) is 0 Å². The lowest BCUT2D eigenvalue weighted by atomic mass is 9.85. The quantitative estimate of drug-likeness (QED) is 0.867. The third kappa shape index (κ3) is 4.05. The van der Waals surface area contributed by atoms with E-state index in [4.69, 9.17) is 0 Å². The van der Waals surface area contributed by atoms with Crippen LogP contribution in [0, 0.1) is 11.8 Å². The molecule has 0 radical (unpaired) electrons. The summed E-state index contributed by atoms with van der Waals surface area (Å²) in [5.41, 5.74) is 1.23. The van der Waals surface area contributed by atoms with Crippen LogP contribution in [-0.2, 0) is 23.1 Å². The average molecular weight is 312 g/mol. The Morgan fingerprint density at radius 1 is 1.33 bits per heavy atom. The molecule has 0 saturated heterocycles. The molecule has 1 saturated carbocycles. The number of hydrogen-bond donors (Lipinski definition) is 1. The largest absolute Gasteiger partial charge is 0.297 e. The minimum absolute atomic E-state index is 0.265. The second-order valence-electron chi connectivity index (χ2n) is 6.48. The molecule has 0 bridgehead atoms. The maximum atomic E-state index is 11.3. The maximum absolute atomic E-state index is 11.3. The van der Waals surface area contributed by atoms with E-state index < -0.39 is 10.0 Å². The predicted molar refractivity (Wildman–Crippen MR) is 81.2 cm³/mol. The fraction of sp³-hybridized carbons (Fsp3) is 0.786. The van der Waals surface area contributed by atoms with Gasteiger partial charge in [0.25, 0.3) is 0 Å². The van der Waals surface area contributed by atoms with Crippen LogP contribution in [0.15, 0.2) is 12.3 Å². The van der Waals surface area contributed by atoms with E-state index in [1.807, 2.05) is 10.9 Å². The number of rotatable bonds is 5. The number of aromatic nitrogens is 2. The molecule has 1 aliphatic heterocycles. The fourth-order valence-electron chi connectivity index (χ4n) is 3.20. The van der Waals surface area contributed by atoms with E-state index in [2.05, 4.69) is 20.8 Å². The van der Waals surface area contributed by atoms with Crippen molar-refractivity contribution in [2.75, 3.05) is 25.9 Å². The molecule has 2 heterocycles. The molecule has 1 aliphatic carbocycles. The normalized spacial score (nSPS) is 24.3. The van der Waals surface area contributed by atoms with Crippen LogP contribution in [0.25, 0.3) is 0 Å². The molecule has 118 valence electrons. The molecule has 21 heavy (non-hydrogen) atoms. The Hall–Kier alpha value is -0.920. The first-order chi connectivity index (χ1) is 9.99. The number of fused-ring (bicyclic) bond motifs is 1. The van der Waals surface area contributed by atoms with Crippen LogP contribution in [0.5, 0.6) is 0 Å². The molecule has 0 spiro atoms. The maximum Gasteiger partial charge on any atom is 0.208 e. The molecule has 7 heteroatoms. The van der Waals surface area contributed by atoms with Crippen LogP contribution in [0.4, 0.5) is 0 Å². The summed E-state index contributed by atoms with van der Waals surface area (Å²) in [7, 11) is -3.13. The van der Waals surface area contributed by atoms with Gasteiger partial charge >= 0.3 is 0 Å². The monoisotopic (exact) mass is 312 g/mol. The Kier molecular flexibility index (Phi) is 4.33. The Labute approximate surface area is 126 Å². The summed E-state index contributed by atoms with van der Waals surface area (Å²) in [6.07, 6.45) is 7.08. The molecular weight excluding hydrogens is 288 g/mol. The van der Waals surface area contributed by atoms with Crippen molar-refractivity contribution in [1.82, 2.24) is 19.4 Å². The molecule has 1 aromatic rings. The molecule has 1 fully saturated rings. The van der Waals surface area contributed by atoms with Crippen LogP contribution in [0.3, 0.4) is 0 Å². The highest BCUT2D eigenvalue weighted by atomic mass is 32.2. The Morgan fingerprint density at radius 2 is 2.14 bits per heavy atom. The Bertz CT molecular complexity index is 580. The summed E-state index contributed by atoms with van der Waals surface area (Å²) in [4.78, 5) is 2.47. The van der Waals surface area contributed by atoms with Crippen molar-refractivity contribution in [2.45, 2.75) is 32.4 Å². The minimum atomic E-state index is -3.13. The van der Waals surface area contributed by atoms with Gasteiger partial charge in [-0.15, -0.1) is 0 Å². The molecule has 0 unspecified atom stereocenters. The topological polar surface area (TPSA) is 67.2 Å². The lowest BCUT2D eigenvalue weighted by molar-refractivity contribution is 0.155. The van der Waals surface area contributed by atoms with Gasteiger partial charge in [-0.2, -0.15) is 5.10 Å². The van der Waals surface area contributed by atoms with Gasteiger partial charge in [-0.05, 0) is 24.8 Å². The first-order valence-electron chi connectivity index (χ1n) is 7.67. The SMILES string of the molecule is CS(=O)(=O)NC[C@H]1CN(CC2CCC2)Cc2ccnn2C1. The molecule has 3 rings (SSSR count). The second-order valence-corrected chi connectivity index (χ2v) is 8.32. The molecule has 6 nitrogen and oxygen atoms in total. The zero-order valence-corrected chi connectivity index (χ0v) is 13.3.